The maximum absolute atomic E-state index is 12.3. The SMILES string of the molecule is CCOC(=O)c1c(NC(=S)Nc2cc(C)nn2-c2ccccc2)sc(C)c1C. The summed E-state index contributed by atoms with van der Waals surface area (Å²) in [7, 11) is 0. The van der Waals surface area contributed by atoms with Gasteiger partial charge in [0.15, 0.2) is 5.11 Å². The number of thiocarbonyl (C=S) groups is 1. The van der Waals surface area contributed by atoms with Gasteiger partial charge in [-0.2, -0.15) is 5.10 Å². The van der Waals surface area contributed by atoms with Gasteiger partial charge in [-0.1, -0.05) is 18.2 Å². The minimum atomic E-state index is -0.347. The van der Waals surface area contributed by atoms with Crippen molar-refractivity contribution in [2.24, 2.45) is 0 Å². The van der Waals surface area contributed by atoms with Crippen molar-refractivity contribution in [3.05, 3.63) is 58.1 Å². The minimum absolute atomic E-state index is 0.324. The van der Waals surface area contributed by atoms with Crippen molar-refractivity contribution in [2.45, 2.75) is 27.7 Å². The largest absolute Gasteiger partial charge is 0.462 e. The maximum Gasteiger partial charge on any atom is 0.341 e. The smallest absolute Gasteiger partial charge is 0.341 e. The van der Waals surface area contributed by atoms with E-state index in [4.69, 9.17) is 17.0 Å². The van der Waals surface area contributed by atoms with Gasteiger partial charge in [-0.15, -0.1) is 11.3 Å². The lowest BCUT2D eigenvalue weighted by Crippen LogP contribution is -2.22. The molecule has 8 heteroatoms. The number of anilines is 2. The highest BCUT2D eigenvalue weighted by atomic mass is 32.1. The second kappa shape index (κ2) is 8.53. The number of aromatic nitrogens is 2. The number of carbonyl (C=O) groups is 1. The van der Waals surface area contributed by atoms with Crippen molar-refractivity contribution in [2.75, 3.05) is 17.2 Å². The maximum atomic E-state index is 12.3. The third kappa shape index (κ3) is 4.23. The van der Waals surface area contributed by atoms with E-state index in [9.17, 15) is 4.79 Å². The van der Waals surface area contributed by atoms with Crippen molar-refractivity contribution in [3.8, 4) is 5.69 Å². The predicted octanol–water partition coefficient (Wildman–Crippen LogP) is 4.84. The zero-order chi connectivity index (χ0) is 20.3. The summed E-state index contributed by atoms with van der Waals surface area (Å²) in [6, 6.07) is 11.7. The number of aryl methyl sites for hydroxylation is 2. The van der Waals surface area contributed by atoms with Crippen molar-refractivity contribution in [1.82, 2.24) is 9.78 Å². The molecule has 0 atom stereocenters. The normalized spacial score (nSPS) is 10.6. The van der Waals surface area contributed by atoms with Crippen LogP contribution in [0.15, 0.2) is 36.4 Å². The van der Waals surface area contributed by atoms with Crippen LogP contribution in [0.5, 0.6) is 0 Å². The Morgan fingerprint density at radius 2 is 1.93 bits per heavy atom. The Bertz CT molecular complexity index is 1010. The fourth-order valence-corrected chi connectivity index (χ4v) is 4.09. The van der Waals surface area contributed by atoms with Gasteiger partial charge in [0, 0.05) is 10.9 Å². The molecule has 0 amide bonds. The van der Waals surface area contributed by atoms with E-state index < -0.39 is 0 Å². The molecule has 0 radical (unpaired) electrons. The zero-order valence-electron chi connectivity index (χ0n) is 16.2. The average Bonchev–Trinajstić information content (AvgIpc) is 3.15. The molecule has 1 aromatic carbocycles. The molecule has 3 aromatic rings. The van der Waals surface area contributed by atoms with Crippen LogP contribution in [0.25, 0.3) is 5.69 Å². The number of hydrogen-bond acceptors (Lipinski definition) is 5. The highest BCUT2D eigenvalue weighted by Gasteiger charge is 2.21. The summed E-state index contributed by atoms with van der Waals surface area (Å²) in [6.45, 7) is 7.92. The van der Waals surface area contributed by atoms with Gasteiger partial charge in [0.1, 0.15) is 10.8 Å². The van der Waals surface area contributed by atoms with Gasteiger partial charge < -0.3 is 15.4 Å². The van der Waals surface area contributed by atoms with Gasteiger partial charge in [0.25, 0.3) is 0 Å². The Morgan fingerprint density at radius 1 is 1.21 bits per heavy atom. The number of esters is 1. The van der Waals surface area contributed by atoms with Crippen LogP contribution in [-0.4, -0.2) is 27.5 Å². The Hall–Kier alpha value is -2.71. The van der Waals surface area contributed by atoms with Crippen LogP contribution in [0.2, 0.25) is 0 Å². The minimum Gasteiger partial charge on any atom is -0.462 e. The summed E-state index contributed by atoms with van der Waals surface area (Å²) < 4.78 is 6.98. The molecular formula is C20H22N4O2S2. The van der Waals surface area contributed by atoms with Gasteiger partial charge >= 0.3 is 5.97 Å². The zero-order valence-corrected chi connectivity index (χ0v) is 17.8. The lowest BCUT2D eigenvalue weighted by atomic mass is 10.1. The van der Waals surface area contributed by atoms with Crippen molar-refractivity contribution < 1.29 is 9.53 Å². The van der Waals surface area contributed by atoms with Crippen LogP contribution in [0, 0.1) is 20.8 Å². The highest BCUT2D eigenvalue weighted by Crippen LogP contribution is 2.33. The number of thiophene rings is 1. The molecule has 28 heavy (non-hydrogen) atoms. The van der Waals surface area contributed by atoms with Gasteiger partial charge in [0.05, 0.1) is 23.6 Å². The third-order valence-electron chi connectivity index (χ3n) is 4.17. The van der Waals surface area contributed by atoms with E-state index >= 15 is 0 Å². The molecule has 146 valence electrons. The van der Waals surface area contributed by atoms with Gasteiger partial charge in [-0.25, -0.2) is 9.48 Å². The number of carbonyl (C=O) groups excluding carboxylic acids is 1. The summed E-state index contributed by atoms with van der Waals surface area (Å²) in [4.78, 5) is 13.4. The first-order valence-corrected chi connectivity index (χ1v) is 10.1. The van der Waals surface area contributed by atoms with E-state index in [1.165, 1.54) is 11.3 Å². The lowest BCUT2D eigenvalue weighted by Gasteiger charge is -2.12. The number of para-hydroxylation sites is 1. The number of nitrogens with one attached hydrogen (secondary N) is 2. The topological polar surface area (TPSA) is 68.2 Å². The monoisotopic (exact) mass is 414 g/mol. The molecular weight excluding hydrogens is 392 g/mol. The van der Waals surface area contributed by atoms with Crippen LogP contribution in [-0.2, 0) is 4.74 Å². The molecule has 0 aliphatic heterocycles. The lowest BCUT2D eigenvalue weighted by molar-refractivity contribution is 0.0527. The van der Waals surface area contributed by atoms with Crippen molar-refractivity contribution in [1.29, 1.82) is 0 Å². The number of hydrogen-bond donors (Lipinski definition) is 2. The number of benzene rings is 1. The second-order valence-corrected chi connectivity index (χ2v) is 7.84. The Morgan fingerprint density at radius 3 is 2.61 bits per heavy atom. The number of nitrogens with zero attached hydrogens (tertiary/aromatic N) is 2. The number of rotatable bonds is 5. The quantitative estimate of drug-likeness (QED) is 0.460. The first-order chi connectivity index (χ1) is 13.4. The summed E-state index contributed by atoms with van der Waals surface area (Å²) in [5, 5.41) is 11.9. The van der Waals surface area contributed by atoms with Crippen LogP contribution in [0.3, 0.4) is 0 Å². The molecule has 0 bridgehead atoms. The summed E-state index contributed by atoms with van der Waals surface area (Å²) in [5.41, 5.74) is 3.22. The van der Waals surface area contributed by atoms with E-state index in [2.05, 4.69) is 15.7 Å². The average molecular weight is 415 g/mol. The van der Waals surface area contributed by atoms with E-state index in [-0.39, 0.29) is 5.97 Å². The fraction of sp³-hybridized carbons (Fsp3) is 0.250. The highest BCUT2D eigenvalue weighted by molar-refractivity contribution is 7.80. The molecule has 2 N–H and O–H groups in total. The van der Waals surface area contributed by atoms with E-state index in [1.54, 1.807) is 11.6 Å². The summed E-state index contributed by atoms with van der Waals surface area (Å²) in [5.74, 6) is 0.392. The van der Waals surface area contributed by atoms with E-state index in [0.29, 0.717) is 22.3 Å². The van der Waals surface area contributed by atoms with Gasteiger partial charge in [-0.3, -0.25) is 0 Å². The van der Waals surface area contributed by atoms with E-state index in [1.807, 2.05) is 57.2 Å². The summed E-state index contributed by atoms with van der Waals surface area (Å²) in [6.07, 6.45) is 0. The molecule has 0 aliphatic carbocycles. The summed E-state index contributed by atoms with van der Waals surface area (Å²) >= 11 is 6.97. The molecule has 0 unspecified atom stereocenters. The van der Waals surface area contributed by atoms with E-state index in [0.717, 1.165) is 27.6 Å². The van der Waals surface area contributed by atoms with Crippen molar-refractivity contribution >= 4 is 45.5 Å². The Kier molecular flexibility index (Phi) is 6.11. The third-order valence-corrected chi connectivity index (χ3v) is 5.49. The van der Waals surface area contributed by atoms with Gasteiger partial charge in [0.2, 0.25) is 0 Å². The molecule has 0 saturated carbocycles. The molecule has 0 fully saturated rings. The van der Waals surface area contributed by atoms with Gasteiger partial charge in [-0.05, 0) is 57.6 Å². The first-order valence-electron chi connectivity index (χ1n) is 8.88. The molecule has 2 aromatic heterocycles. The Balaban J connectivity index is 1.83. The Labute approximate surface area is 173 Å². The fourth-order valence-electron chi connectivity index (χ4n) is 2.77. The predicted molar refractivity (Wildman–Crippen MR) is 118 cm³/mol. The molecule has 2 heterocycles. The van der Waals surface area contributed by atoms with Crippen molar-refractivity contribution in [3.63, 3.8) is 0 Å². The molecule has 0 spiro atoms. The van der Waals surface area contributed by atoms with Crippen LogP contribution < -0.4 is 10.6 Å². The molecule has 6 nitrogen and oxygen atoms in total. The first kappa shape index (κ1) is 20.0. The standard InChI is InChI=1S/C20H22N4O2S2/c1-5-26-19(25)17-13(3)14(4)28-18(17)22-20(27)21-16-11-12(2)23-24(16)15-9-7-6-8-10-15/h6-11H,5H2,1-4H3,(H2,21,22,27). The number of ether oxygens (including phenoxy) is 1. The molecule has 3 rings (SSSR count). The second-order valence-electron chi connectivity index (χ2n) is 6.21. The molecule has 0 aliphatic rings. The van der Waals surface area contributed by atoms with Crippen LogP contribution >= 0.6 is 23.6 Å². The van der Waals surface area contributed by atoms with Crippen LogP contribution in [0.1, 0.15) is 33.4 Å². The van der Waals surface area contributed by atoms with Crippen LogP contribution in [0.4, 0.5) is 10.8 Å². The molecule has 0 saturated heterocycles.